The molecule has 1 aromatic carbocycles. The molecule has 0 amide bonds. The van der Waals surface area contributed by atoms with Gasteiger partial charge in [-0.05, 0) is 37.0 Å². The van der Waals surface area contributed by atoms with E-state index in [2.05, 4.69) is 16.9 Å². The molecule has 1 aliphatic heterocycles. The number of Topliss-reactive ketones (excluding diaryl/α,β-unsaturated/α-hetero) is 1. The molecule has 1 unspecified atom stereocenters. The SMILES string of the molecule is CCc1cccc(C(=O)C2CCCN(c3nc(-c4ccncn4)cc(=O)n3C)C2)c1. The summed E-state index contributed by atoms with van der Waals surface area (Å²) in [7, 11) is 1.71. The number of carbonyl (C=O) groups is 1. The van der Waals surface area contributed by atoms with Gasteiger partial charge in [0, 0.05) is 43.9 Å². The largest absolute Gasteiger partial charge is 0.341 e. The Morgan fingerprint density at radius 1 is 1.20 bits per heavy atom. The average Bonchev–Trinajstić information content (AvgIpc) is 2.81. The molecule has 0 radical (unpaired) electrons. The van der Waals surface area contributed by atoms with Crippen LogP contribution in [0.15, 0.2) is 53.7 Å². The molecular formula is C23H25N5O2. The Balaban J connectivity index is 1.62. The second-order valence-electron chi connectivity index (χ2n) is 7.64. The van der Waals surface area contributed by atoms with Crippen molar-refractivity contribution in [2.75, 3.05) is 18.0 Å². The Morgan fingerprint density at radius 2 is 2.07 bits per heavy atom. The molecule has 0 bridgehead atoms. The maximum Gasteiger partial charge on any atom is 0.255 e. The number of piperidine rings is 1. The molecule has 154 valence electrons. The molecule has 0 aliphatic carbocycles. The third-order valence-electron chi connectivity index (χ3n) is 5.65. The van der Waals surface area contributed by atoms with Crippen LogP contribution in [0.25, 0.3) is 11.4 Å². The van der Waals surface area contributed by atoms with Gasteiger partial charge in [-0.3, -0.25) is 14.2 Å². The van der Waals surface area contributed by atoms with Crippen molar-refractivity contribution >= 4 is 11.7 Å². The first-order chi connectivity index (χ1) is 14.6. The number of aryl methyl sites for hydroxylation is 1. The van der Waals surface area contributed by atoms with Crippen LogP contribution in [0.2, 0.25) is 0 Å². The van der Waals surface area contributed by atoms with Crippen LogP contribution in [0.4, 0.5) is 5.95 Å². The number of ketones is 1. The number of anilines is 1. The Morgan fingerprint density at radius 3 is 2.83 bits per heavy atom. The molecule has 3 heterocycles. The highest BCUT2D eigenvalue weighted by atomic mass is 16.1. The fourth-order valence-corrected chi connectivity index (χ4v) is 3.94. The van der Waals surface area contributed by atoms with E-state index in [0.29, 0.717) is 23.9 Å². The molecule has 7 heteroatoms. The first-order valence-electron chi connectivity index (χ1n) is 10.3. The summed E-state index contributed by atoms with van der Waals surface area (Å²) >= 11 is 0. The third-order valence-corrected chi connectivity index (χ3v) is 5.65. The van der Waals surface area contributed by atoms with Gasteiger partial charge in [0.2, 0.25) is 5.95 Å². The zero-order valence-corrected chi connectivity index (χ0v) is 17.3. The van der Waals surface area contributed by atoms with Crippen LogP contribution in [0.3, 0.4) is 0 Å². The topological polar surface area (TPSA) is 81.0 Å². The average molecular weight is 403 g/mol. The zero-order valence-electron chi connectivity index (χ0n) is 17.3. The molecule has 0 spiro atoms. The Kier molecular flexibility index (Phi) is 5.70. The second-order valence-corrected chi connectivity index (χ2v) is 7.64. The summed E-state index contributed by atoms with van der Waals surface area (Å²) in [5.41, 5.74) is 2.88. The molecule has 1 saturated heterocycles. The normalized spacial score (nSPS) is 16.5. The standard InChI is InChI=1S/C23H25N5O2/c1-3-16-6-4-7-17(12-16)22(30)18-8-5-11-28(14-18)23-26-20(13-21(29)27(23)2)19-9-10-24-15-25-19/h4,6-7,9-10,12-13,15,18H,3,5,8,11,14H2,1-2H3. The minimum Gasteiger partial charge on any atom is -0.341 e. The number of rotatable bonds is 5. The van der Waals surface area contributed by atoms with E-state index in [4.69, 9.17) is 4.98 Å². The number of aromatic nitrogens is 4. The van der Waals surface area contributed by atoms with Gasteiger partial charge < -0.3 is 4.90 Å². The molecule has 0 saturated carbocycles. The molecule has 2 aromatic heterocycles. The van der Waals surface area contributed by atoms with Crippen molar-refractivity contribution in [3.05, 3.63) is 70.4 Å². The first kappa shape index (κ1) is 19.9. The molecule has 1 aliphatic rings. The summed E-state index contributed by atoms with van der Waals surface area (Å²) in [6.45, 7) is 3.39. The van der Waals surface area contributed by atoms with Gasteiger partial charge in [-0.25, -0.2) is 15.0 Å². The number of benzene rings is 1. The molecule has 4 rings (SSSR count). The highest BCUT2D eigenvalue weighted by Crippen LogP contribution is 2.25. The van der Waals surface area contributed by atoms with Crippen molar-refractivity contribution in [3.63, 3.8) is 0 Å². The molecule has 7 nitrogen and oxygen atoms in total. The van der Waals surface area contributed by atoms with E-state index in [9.17, 15) is 9.59 Å². The van der Waals surface area contributed by atoms with Gasteiger partial charge in [-0.2, -0.15) is 0 Å². The van der Waals surface area contributed by atoms with Crippen LogP contribution in [-0.2, 0) is 13.5 Å². The van der Waals surface area contributed by atoms with E-state index in [1.54, 1.807) is 19.3 Å². The number of nitrogens with zero attached hydrogens (tertiary/aromatic N) is 5. The molecule has 1 atom stereocenters. The van der Waals surface area contributed by atoms with Crippen molar-refractivity contribution in [2.45, 2.75) is 26.2 Å². The Bertz CT molecular complexity index is 1110. The van der Waals surface area contributed by atoms with E-state index in [1.165, 1.54) is 17.0 Å². The fraction of sp³-hybridized carbons (Fsp3) is 0.348. The van der Waals surface area contributed by atoms with Crippen LogP contribution in [0.1, 0.15) is 35.7 Å². The summed E-state index contributed by atoms with van der Waals surface area (Å²) in [6, 6.07) is 11.1. The Hall–Kier alpha value is -3.35. The lowest BCUT2D eigenvalue weighted by molar-refractivity contribution is 0.0906. The lowest BCUT2D eigenvalue weighted by Gasteiger charge is -2.33. The summed E-state index contributed by atoms with van der Waals surface area (Å²) in [6.07, 6.45) is 5.68. The summed E-state index contributed by atoms with van der Waals surface area (Å²) in [5.74, 6) is 0.605. The van der Waals surface area contributed by atoms with Gasteiger partial charge in [0.15, 0.2) is 5.78 Å². The van der Waals surface area contributed by atoms with Crippen molar-refractivity contribution in [1.82, 2.24) is 19.5 Å². The highest BCUT2D eigenvalue weighted by Gasteiger charge is 2.29. The van der Waals surface area contributed by atoms with E-state index in [0.717, 1.165) is 36.9 Å². The van der Waals surface area contributed by atoms with Crippen molar-refractivity contribution in [2.24, 2.45) is 13.0 Å². The third kappa shape index (κ3) is 4.01. The maximum absolute atomic E-state index is 13.2. The van der Waals surface area contributed by atoms with E-state index in [1.807, 2.05) is 29.2 Å². The van der Waals surface area contributed by atoms with E-state index < -0.39 is 0 Å². The summed E-state index contributed by atoms with van der Waals surface area (Å²) in [5, 5.41) is 0. The number of hydrogen-bond donors (Lipinski definition) is 0. The van der Waals surface area contributed by atoms with Gasteiger partial charge in [0.25, 0.3) is 5.56 Å². The van der Waals surface area contributed by atoms with Crippen LogP contribution >= 0.6 is 0 Å². The van der Waals surface area contributed by atoms with Crippen molar-refractivity contribution in [1.29, 1.82) is 0 Å². The summed E-state index contributed by atoms with van der Waals surface area (Å²) in [4.78, 5) is 40.6. The van der Waals surface area contributed by atoms with Crippen molar-refractivity contribution in [3.8, 4) is 11.4 Å². The van der Waals surface area contributed by atoms with Gasteiger partial charge in [0.05, 0.1) is 11.4 Å². The van der Waals surface area contributed by atoms with Gasteiger partial charge >= 0.3 is 0 Å². The zero-order chi connectivity index (χ0) is 21.1. The first-order valence-corrected chi connectivity index (χ1v) is 10.3. The number of carbonyl (C=O) groups excluding carboxylic acids is 1. The Labute approximate surface area is 175 Å². The minimum absolute atomic E-state index is 0.120. The quantitative estimate of drug-likeness (QED) is 0.610. The lowest BCUT2D eigenvalue weighted by atomic mass is 9.89. The maximum atomic E-state index is 13.2. The van der Waals surface area contributed by atoms with E-state index in [-0.39, 0.29) is 17.3 Å². The van der Waals surface area contributed by atoms with Crippen LogP contribution in [0, 0.1) is 5.92 Å². The summed E-state index contributed by atoms with van der Waals surface area (Å²) < 4.78 is 1.54. The highest BCUT2D eigenvalue weighted by molar-refractivity contribution is 5.98. The monoisotopic (exact) mass is 403 g/mol. The van der Waals surface area contributed by atoms with Crippen LogP contribution in [-0.4, -0.2) is 38.4 Å². The van der Waals surface area contributed by atoms with Crippen molar-refractivity contribution < 1.29 is 4.79 Å². The van der Waals surface area contributed by atoms with Gasteiger partial charge in [-0.1, -0.05) is 25.1 Å². The van der Waals surface area contributed by atoms with Gasteiger partial charge in [0.1, 0.15) is 6.33 Å². The predicted molar refractivity (Wildman–Crippen MR) is 116 cm³/mol. The molecule has 0 N–H and O–H groups in total. The second kappa shape index (κ2) is 8.57. The van der Waals surface area contributed by atoms with E-state index >= 15 is 0 Å². The molecular weight excluding hydrogens is 378 g/mol. The fourth-order valence-electron chi connectivity index (χ4n) is 3.94. The minimum atomic E-state index is -0.155. The van der Waals surface area contributed by atoms with Crippen LogP contribution in [0.5, 0.6) is 0 Å². The predicted octanol–water partition coefficient (Wildman–Crippen LogP) is 2.90. The molecule has 30 heavy (non-hydrogen) atoms. The van der Waals surface area contributed by atoms with Crippen LogP contribution < -0.4 is 10.5 Å². The smallest absolute Gasteiger partial charge is 0.255 e. The number of hydrogen-bond acceptors (Lipinski definition) is 6. The lowest BCUT2D eigenvalue weighted by Crippen LogP contribution is -2.42. The molecule has 3 aromatic rings. The molecule has 1 fully saturated rings. The van der Waals surface area contributed by atoms with Gasteiger partial charge in [-0.15, -0.1) is 0 Å².